The van der Waals surface area contributed by atoms with Crippen LogP contribution in [0.3, 0.4) is 0 Å². The molecule has 31 heavy (non-hydrogen) atoms. The Balaban J connectivity index is 1.48. The van der Waals surface area contributed by atoms with Gasteiger partial charge in [-0.15, -0.1) is 0 Å². The summed E-state index contributed by atoms with van der Waals surface area (Å²) in [4.78, 5) is 24.6. The molecule has 4 rings (SSSR count). The first-order valence-corrected chi connectivity index (χ1v) is 11.1. The zero-order valence-electron chi connectivity index (χ0n) is 16.4. The maximum Gasteiger partial charge on any atom is 0.270 e. The highest BCUT2D eigenvalue weighted by Gasteiger charge is 2.22. The summed E-state index contributed by atoms with van der Waals surface area (Å²) in [5, 5.41) is 10.9. The number of hydrogen-bond donors (Lipinski definition) is 1. The maximum atomic E-state index is 12.9. The number of carbonyl (C=O) groups is 1. The summed E-state index contributed by atoms with van der Waals surface area (Å²) >= 11 is 0. The molecule has 1 amide bonds. The molecule has 1 aliphatic rings. The van der Waals surface area contributed by atoms with Gasteiger partial charge in [0.25, 0.3) is 21.6 Å². The van der Waals surface area contributed by atoms with Crippen LogP contribution in [0.2, 0.25) is 0 Å². The molecule has 0 atom stereocenters. The van der Waals surface area contributed by atoms with Gasteiger partial charge in [0.2, 0.25) is 0 Å². The van der Waals surface area contributed by atoms with E-state index in [1.165, 1.54) is 35.9 Å². The molecule has 0 aliphatic carbocycles. The molecule has 0 unspecified atom stereocenters. The third kappa shape index (κ3) is 4.41. The lowest BCUT2D eigenvalue weighted by Gasteiger charge is -2.29. The first kappa shape index (κ1) is 20.5. The van der Waals surface area contributed by atoms with Crippen molar-refractivity contribution in [1.82, 2.24) is 4.90 Å². The van der Waals surface area contributed by atoms with Crippen LogP contribution in [-0.2, 0) is 23.0 Å². The average Bonchev–Trinajstić information content (AvgIpc) is 2.78. The van der Waals surface area contributed by atoms with E-state index >= 15 is 0 Å². The van der Waals surface area contributed by atoms with Gasteiger partial charge < -0.3 is 4.90 Å². The van der Waals surface area contributed by atoms with Gasteiger partial charge in [0, 0.05) is 36.5 Å². The van der Waals surface area contributed by atoms with Crippen molar-refractivity contribution in [2.24, 2.45) is 0 Å². The molecule has 1 N–H and O–H groups in total. The van der Waals surface area contributed by atoms with Crippen LogP contribution in [0.5, 0.6) is 0 Å². The summed E-state index contributed by atoms with van der Waals surface area (Å²) in [6, 6.07) is 19.0. The Morgan fingerprint density at radius 2 is 1.68 bits per heavy atom. The van der Waals surface area contributed by atoms with E-state index in [4.69, 9.17) is 0 Å². The summed E-state index contributed by atoms with van der Waals surface area (Å²) in [6.45, 7) is 1.16. The predicted molar refractivity (Wildman–Crippen MR) is 115 cm³/mol. The number of benzene rings is 3. The number of anilines is 1. The Morgan fingerprint density at radius 1 is 0.968 bits per heavy atom. The number of sulfonamides is 1. The molecule has 0 spiro atoms. The average molecular weight is 437 g/mol. The van der Waals surface area contributed by atoms with Crippen molar-refractivity contribution in [1.29, 1.82) is 0 Å². The van der Waals surface area contributed by atoms with Crippen molar-refractivity contribution in [3.63, 3.8) is 0 Å². The van der Waals surface area contributed by atoms with E-state index in [1.54, 1.807) is 17.0 Å². The number of nitrogens with zero attached hydrogens (tertiary/aromatic N) is 2. The Labute approximate surface area is 179 Å². The SMILES string of the molecule is O=C(c1ccc(NS(=O)(=O)c2cccc([N+](=O)[O-])c2)cc1)N1CCc2ccccc2C1. The zero-order chi connectivity index (χ0) is 22.0. The molecule has 3 aromatic rings. The Morgan fingerprint density at radius 3 is 2.39 bits per heavy atom. The second-order valence-electron chi connectivity index (χ2n) is 7.18. The number of nitro groups is 1. The van der Waals surface area contributed by atoms with E-state index in [2.05, 4.69) is 10.8 Å². The van der Waals surface area contributed by atoms with Gasteiger partial charge in [-0.3, -0.25) is 19.6 Å². The summed E-state index contributed by atoms with van der Waals surface area (Å²) < 4.78 is 27.5. The smallest absolute Gasteiger partial charge is 0.270 e. The second-order valence-corrected chi connectivity index (χ2v) is 8.87. The van der Waals surface area contributed by atoms with Gasteiger partial charge in [-0.1, -0.05) is 30.3 Å². The normalized spacial score (nSPS) is 13.4. The molecule has 1 aliphatic heterocycles. The minimum absolute atomic E-state index is 0.123. The standard InChI is InChI=1S/C22H19N3O5S/c26-22(24-13-12-16-4-1-2-5-18(16)15-24)17-8-10-19(11-9-17)23-31(29,30)21-7-3-6-20(14-21)25(27)28/h1-11,14,23H,12-13,15H2. The van der Waals surface area contributed by atoms with Gasteiger partial charge in [-0.2, -0.15) is 0 Å². The van der Waals surface area contributed by atoms with Crippen LogP contribution in [0.4, 0.5) is 11.4 Å². The van der Waals surface area contributed by atoms with Gasteiger partial charge in [0.1, 0.15) is 0 Å². The Bertz CT molecular complexity index is 1260. The number of hydrogen-bond acceptors (Lipinski definition) is 5. The number of non-ortho nitro benzene ring substituents is 1. The highest BCUT2D eigenvalue weighted by Crippen LogP contribution is 2.23. The summed E-state index contributed by atoms with van der Waals surface area (Å²) in [7, 11) is -4.01. The number of amides is 1. The molecule has 0 aromatic heterocycles. The van der Waals surface area contributed by atoms with Crippen LogP contribution in [-0.4, -0.2) is 30.7 Å². The summed E-state index contributed by atoms with van der Waals surface area (Å²) in [5.41, 5.74) is 2.78. The molecule has 3 aromatic carbocycles. The second kappa shape index (κ2) is 8.19. The van der Waals surface area contributed by atoms with Crippen LogP contribution < -0.4 is 4.72 Å². The first-order chi connectivity index (χ1) is 14.8. The molecule has 0 radical (unpaired) electrons. The fraction of sp³-hybridized carbons (Fsp3) is 0.136. The van der Waals surface area contributed by atoms with Gasteiger partial charge in [-0.25, -0.2) is 8.42 Å². The van der Waals surface area contributed by atoms with Crippen molar-refractivity contribution in [2.45, 2.75) is 17.9 Å². The minimum atomic E-state index is -4.01. The third-order valence-electron chi connectivity index (χ3n) is 5.14. The highest BCUT2D eigenvalue weighted by molar-refractivity contribution is 7.92. The third-order valence-corrected chi connectivity index (χ3v) is 6.52. The number of nitrogens with one attached hydrogen (secondary N) is 1. The van der Waals surface area contributed by atoms with E-state index in [0.717, 1.165) is 18.1 Å². The van der Waals surface area contributed by atoms with Crippen molar-refractivity contribution in [3.8, 4) is 0 Å². The molecule has 0 bridgehead atoms. The van der Waals surface area contributed by atoms with Crippen LogP contribution in [0, 0.1) is 10.1 Å². The molecule has 158 valence electrons. The molecule has 0 saturated carbocycles. The van der Waals surface area contributed by atoms with E-state index in [1.807, 2.05) is 18.2 Å². The number of fused-ring (bicyclic) bond motifs is 1. The van der Waals surface area contributed by atoms with Crippen LogP contribution in [0.1, 0.15) is 21.5 Å². The fourth-order valence-corrected chi connectivity index (χ4v) is 4.61. The van der Waals surface area contributed by atoms with Gasteiger partial charge >= 0.3 is 0 Å². The minimum Gasteiger partial charge on any atom is -0.334 e. The van der Waals surface area contributed by atoms with Gasteiger partial charge in [0.05, 0.1) is 9.82 Å². The van der Waals surface area contributed by atoms with E-state index in [9.17, 15) is 23.3 Å². The Hall–Kier alpha value is -3.72. The van der Waals surface area contributed by atoms with Crippen LogP contribution in [0.25, 0.3) is 0 Å². The van der Waals surface area contributed by atoms with Crippen LogP contribution in [0.15, 0.2) is 77.7 Å². The van der Waals surface area contributed by atoms with Crippen LogP contribution >= 0.6 is 0 Å². The lowest BCUT2D eigenvalue weighted by molar-refractivity contribution is -0.385. The van der Waals surface area contributed by atoms with E-state index < -0.39 is 14.9 Å². The first-order valence-electron chi connectivity index (χ1n) is 9.57. The fourth-order valence-electron chi connectivity index (χ4n) is 3.51. The maximum absolute atomic E-state index is 12.9. The zero-order valence-corrected chi connectivity index (χ0v) is 17.2. The molecule has 8 nitrogen and oxygen atoms in total. The highest BCUT2D eigenvalue weighted by atomic mass is 32.2. The van der Waals surface area contributed by atoms with E-state index in [0.29, 0.717) is 18.7 Å². The number of nitro benzene ring substituents is 1. The lowest BCUT2D eigenvalue weighted by atomic mass is 9.99. The van der Waals surface area contributed by atoms with E-state index in [-0.39, 0.29) is 22.2 Å². The molecule has 0 fully saturated rings. The van der Waals surface area contributed by atoms with Crippen molar-refractivity contribution in [3.05, 3.63) is 99.6 Å². The summed E-state index contributed by atoms with van der Waals surface area (Å²) in [6.07, 6.45) is 0.795. The lowest BCUT2D eigenvalue weighted by Crippen LogP contribution is -2.35. The molecular weight excluding hydrogens is 418 g/mol. The Kier molecular flexibility index (Phi) is 5.43. The van der Waals surface area contributed by atoms with Crippen molar-refractivity contribution >= 4 is 27.3 Å². The van der Waals surface area contributed by atoms with Crippen molar-refractivity contribution < 1.29 is 18.1 Å². The number of rotatable bonds is 5. The molecule has 0 saturated heterocycles. The number of carbonyl (C=O) groups excluding carboxylic acids is 1. The van der Waals surface area contributed by atoms with Gasteiger partial charge in [-0.05, 0) is 47.9 Å². The predicted octanol–water partition coefficient (Wildman–Crippen LogP) is 3.59. The van der Waals surface area contributed by atoms with Gasteiger partial charge in [0.15, 0.2) is 0 Å². The molecular formula is C22H19N3O5S. The summed E-state index contributed by atoms with van der Waals surface area (Å²) in [5.74, 6) is -0.123. The molecule has 1 heterocycles. The van der Waals surface area contributed by atoms with Crippen molar-refractivity contribution in [2.75, 3.05) is 11.3 Å². The quantitative estimate of drug-likeness (QED) is 0.485. The topological polar surface area (TPSA) is 110 Å². The largest absolute Gasteiger partial charge is 0.334 e. The monoisotopic (exact) mass is 437 g/mol. The molecule has 9 heteroatoms.